The normalized spacial score (nSPS) is 11.7. The van der Waals surface area contributed by atoms with Gasteiger partial charge in [-0.3, -0.25) is 0 Å². The number of benzene rings is 1. The number of hydrogen-bond acceptors (Lipinski definition) is 2. The van der Waals surface area contributed by atoms with Crippen LogP contribution in [-0.4, -0.2) is 34.1 Å². The van der Waals surface area contributed by atoms with Gasteiger partial charge in [0, 0.05) is 0 Å². The van der Waals surface area contributed by atoms with Gasteiger partial charge in [-0.1, -0.05) is 0 Å². The number of aromatic hydroxyl groups is 1. The standard InChI is InChI=1S/C19H15NOSSe2/c1-2-20-15-12-13(21)5-8-17(15)24-19(20)10-7-14-6-9-18(23-14)16-4-3-11-22-16/h3-12H,2H2,1H3/p+1/b10-7+. The van der Waals surface area contributed by atoms with Crippen molar-refractivity contribution in [2.75, 3.05) is 0 Å². The minimum absolute atomic E-state index is 0.311. The summed E-state index contributed by atoms with van der Waals surface area (Å²) in [6.45, 7) is 3.10. The van der Waals surface area contributed by atoms with Gasteiger partial charge < -0.3 is 0 Å². The van der Waals surface area contributed by atoms with E-state index < -0.39 is 0 Å². The van der Waals surface area contributed by atoms with E-state index in [1.807, 2.05) is 17.4 Å². The van der Waals surface area contributed by atoms with Crippen molar-refractivity contribution in [3.05, 3.63) is 56.8 Å². The molecule has 0 radical (unpaired) electrons. The number of thiophene rings is 1. The molecule has 0 atom stereocenters. The Morgan fingerprint density at radius 1 is 1.12 bits per heavy atom. The van der Waals surface area contributed by atoms with Gasteiger partial charge in [0.25, 0.3) is 0 Å². The summed E-state index contributed by atoms with van der Waals surface area (Å²) < 4.78 is 7.93. The molecule has 4 rings (SSSR count). The van der Waals surface area contributed by atoms with Gasteiger partial charge in [-0.25, -0.2) is 0 Å². The maximum atomic E-state index is 9.76. The maximum absolute atomic E-state index is 9.76. The molecule has 4 aromatic rings. The zero-order chi connectivity index (χ0) is 16.5. The van der Waals surface area contributed by atoms with Crippen LogP contribution in [0.1, 0.15) is 15.9 Å². The predicted molar refractivity (Wildman–Crippen MR) is 104 cm³/mol. The molecule has 0 saturated heterocycles. The summed E-state index contributed by atoms with van der Waals surface area (Å²) in [5.74, 6) is 0.347. The number of fused-ring (bicyclic) bond motifs is 1. The Kier molecular flexibility index (Phi) is 4.62. The average Bonchev–Trinajstić information content (AvgIpc) is 3.31. The van der Waals surface area contributed by atoms with Gasteiger partial charge in [-0.2, -0.15) is 0 Å². The fraction of sp³-hybridized carbons (Fsp3) is 0.105. The van der Waals surface area contributed by atoms with Gasteiger partial charge in [0.15, 0.2) is 0 Å². The van der Waals surface area contributed by atoms with E-state index in [1.54, 1.807) is 6.07 Å². The zero-order valence-corrected chi connectivity index (χ0v) is 17.3. The summed E-state index contributed by atoms with van der Waals surface area (Å²) in [7, 11) is 0. The first-order chi connectivity index (χ1) is 11.7. The van der Waals surface area contributed by atoms with E-state index in [-0.39, 0.29) is 0 Å². The summed E-state index contributed by atoms with van der Waals surface area (Å²) in [5.41, 5.74) is 1.17. The van der Waals surface area contributed by atoms with E-state index in [9.17, 15) is 5.11 Å². The molecule has 0 unspecified atom stereocenters. The summed E-state index contributed by atoms with van der Waals surface area (Å²) in [6, 6.07) is 14.6. The molecule has 0 aliphatic heterocycles. The number of nitrogens with zero attached hydrogens (tertiary/aromatic N) is 1. The molecule has 24 heavy (non-hydrogen) atoms. The van der Waals surface area contributed by atoms with E-state index in [0.29, 0.717) is 34.8 Å². The second-order valence-electron chi connectivity index (χ2n) is 5.35. The van der Waals surface area contributed by atoms with Crippen LogP contribution in [0, 0.1) is 0 Å². The van der Waals surface area contributed by atoms with Crippen molar-refractivity contribution in [3.8, 4) is 15.1 Å². The van der Waals surface area contributed by atoms with E-state index in [4.69, 9.17) is 0 Å². The van der Waals surface area contributed by atoms with Gasteiger partial charge >= 0.3 is 157 Å². The Morgan fingerprint density at radius 3 is 2.83 bits per heavy atom. The van der Waals surface area contributed by atoms with Crippen LogP contribution < -0.4 is 4.57 Å². The van der Waals surface area contributed by atoms with Gasteiger partial charge in [-0.15, -0.1) is 0 Å². The Bertz CT molecular complexity index is 1010. The second-order valence-corrected chi connectivity index (χ2v) is 10.9. The van der Waals surface area contributed by atoms with Crippen molar-refractivity contribution in [2.45, 2.75) is 13.5 Å². The molecule has 0 aliphatic rings. The number of aromatic nitrogens is 1. The van der Waals surface area contributed by atoms with Gasteiger partial charge in [-0.05, 0) is 0 Å². The Balaban J connectivity index is 1.67. The molecule has 1 N–H and O–H groups in total. The molecule has 0 bridgehead atoms. The van der Waals surface area contributed by atoms with E-state index in [0.717, 1.165) is 6.54 Å². The molecule has 3 heterocycles. The molecule has 0 fully saturated rings. The quantitative estimate of drug-likeness (QED) is 0.360. The van der Waals surface area contributed by atoms with Crippen LogP contribution in [0.3, 0.4) is 0 Å². The Morgan fingerprint density at radius 2 is 2.04 bits per heavy atom. The van der Waals surface area contributed by atoms with Crippen LogP contribution >= 0.6 is 11.3 Å². The molecule has 5 heteroatoms. The van der Waals surface area contributed by atoms with Crippen LogP contribution in [-0.2, 0) is 6.54 Å². The minimum atomic E-state index is 0.311. The fourth-order valence-corrected chi connectivity index (χ4v) is 7.92. The van der Waals surface area contributed by atoms with Gasteiger partial charge in [0.2, 0.25) is 0 Å². The first kappa shape index (κ1) is 16.1. The average molecular weight is 464 g/mol. The van der Waals surface area contributed by atoms with E-state index in [2.05, 4.69) is 59.4 Å². The molecule has 1 aromatic carbocycles. The number of phenolic OH excluding ortho intramolecular Hbond substituents is 1. The van der Waals surface area contributed by atoms with E-state index in [1.165, 1.54) is 28.1 Å². The first-order valence-electron chi connectivity index (χ1n) is 7.72. The predicted octanol–water partition coefficient (Wildman–Crippen LogP) is 3.87. The number of aryl methyl sites for hydroxylation is 1. The summed E-state index contributed by atoms with van der Waals surface area (Å²) >= 11 is 2.53. The summed E-state index contributed by atoms with van der Waals surface area (Å²) in [5, 5.41) is 11.9. The third-order valence-electron chi connectivity index (χ3n) is 3.81. The monoisotopic (exact) mass is 466 g/mol. The molecule has 3 aromatic heterocycles. The van der Waals surface area contributed by atoms with Gasteiger partial charge in [0.1, 0.15) is 0 Å². The van der Waals surface area contributed by atoms with Crippen molar-refractivity contribution in [1.29, 1.82) is 0 Å². The molecule has 0 saturated carbocycles. The van der Waals surface area contributed by atoms with Crippen LogP contribution in [0.5, 0.6) is 5.75 Å². The van der Waals surface area contributed by atoms with Crippen molar-refractivity contribution < 1.29 is 9.67 Å². The third kappa shape index (κ3) is 3.11. The van der Waals surface area contributed by atoms with Crippen molar-refractivity contribution in [3.63, 3.8) is 0 Å². The van der Waals surface area contributed by atoms with Crippen LogP contribution in [0.4, 0.5) is 0 Å². The van der Waals surface area contributed by atoms with Crippen LogP contribution in [0.25, 0.3) is 31.2 Å². The molecule has 0 aliphatic carbocycles. The fourth-order valence-electron chi connectivity index (χ4n) is 2.69. The SMILES string of the molecule is CC[n+]1c(/C=C/c2ccc(-c3cccs3)[se]2)[se]c2ccc(O)cc21. The summed E-state index contributed by atoms with van der Waals surface area (Å²) in [4.78, 5) is 1.39. The van der Waals surface area contributed by atoms with Crippen LogP contribution in [0.15, 0.2) is 47.8 Å². The Labute approximate surface area is 156 Å². The van der Waals surface area contributed by atoms with Crippen LogP contribution in [0.2, 0.25) is 0 Å². The molecule has 0 amide bonds. The van der Waals surface area contributed by atoms with E-state index >= 15 is 0 Å². The molecule has 120 valence electrons. The van der Waals surface area contributed by atoms with Crippen molar-refractivity contribution in [1.82, 2.24) is 0 Å². The third-order valence-corrected chi connectivity index (χ3v) is 9.65. The number of hydrogen-bond donors (Lipinski definition) is 1. The first-order valence-corrected chi connectivity index (χ1v) is 12.0. The van der Waals surface area contributed by atoms with Crippen molar-refractivity contribution in [2.24, 2.45) is 0 Å². The molecule has 0 spiro atoms. The molecular formula is C19H16NOSSe2+. The van der Waals surface area contributed by atoms with Gasteiger partial charge in [0.05, 0.1) is 0 Å². The number of phenols is 1. The topological polar surface area (TPSA) is 24.1 Å². The second kappa shape index (κ2) is 6.87. The summed E-state index contributed by atoms with van der Waals surface area (Å²) in [6.07, 6.45) is 4.56. The zero-order valence-electron chi connectivity index (χ0n) is 13.1. The number of rotatable bonds is 4. The Hall–Kier alpha value is -1.35. The molecular weight excluding hydrogens is 448 g/mol. The van der Waals surface area contributed by atoms with Crippen molar-refractivity contribution >= 4 is 62.3 Å². The molecule has 2 nitrogen and oxygen atoms in total.